The molecule has 0 saturated heterocycles. The van der Waals surface area contributed by atoms with Crippen LogP contribution < -0.4 is 3.07 Å². The van der Waals surface area contributed by atoms with E-state index in [2.05, 4.69) is 48.4 Å². The van der Waals surface area contributed by atoms with E-state index < -0.39 is 35.4 Å². The molecule has 7 nitrogen and oxygen atoms in total. The third kappa shape index (κ3) is 42.4. The molecule has 0 bridgehead atoms. The summed E-state index contributed by atoms with van der Waals surface area (Å²) in [4.78, 5) is 24.6. The molecule has 1 atom stereocenters. The van der Waals surface area contributed by atoms with E-state index in [-0.39, 0.29) is 13.2 Å². The van der Waals surface area contributed by atoms with Crippen molar-refractivity contribution in [2.45, 2.75) is 232 Å². The zero-order valence-corrected chi connectivity index (χ0v) is 42.0. The van der Waals surface area contributed by atoms with E-state index in [4.69, 9.17) is 9.47 Å². The number of esters is 2. The molecule has 0 radical (unpaired) electrons. The van der Waals surface area contributed by atoms with Crippen LogP contribution in [0.5, 0.6) is 0 Å². The average Bonchev–Trinajstić information content (AvgIpc) is 3.17. The maximum absolute atomic E-state index is 12.4. The molecule has 0 heterocycles. The molecule has 0 fully saturated rings. The molecule has 0 saturated carbocycles. The number of carbonyl (C=O) groups excluding carboxylic acids is 2. The van der Waals surface area contributed by atoms with E-state index >= 15 is 0 Å². The summed E-state index contributed by atoms with van der Waals surface area (Å²) in [6.07, 6.45) is 38.5. The number of hydrogen-bond donors (Lipinski definition) is 0. The molecular formula is C46H82HgO7S. The minimum atomic E-state index is -2.93. The van der Waals surface area contributed by atoms with Crippen LogP contribution >= 0.6 is 0 Å². The Bertz CT molecular complexity index is 1030. The van der Waals surface area contributed by atoms with Crippen molar-refractivity contribution in [2.24, 2.45) is 0 Å². The molecule has 0 aliphatic carbocycles. The van der Waals surface area contributed by atoms with Crippen LogP contribution in [0, 0.1) is 0 Å². The van der Waals surface area contributed by atoms with Gasteiger partial charge < -0.3 is 22.1 Å². The molecule has 1 aromatic rings. The summed E-state index contributed by atoms with van der Waals surface area (Å²) >= 11 is 0.810. The van der Waals surface area contributed by atoms with Gasteiger partial charge in [-0.3, -0.25) is 4.79 Å². The van der Waals surface area contributed by atoms with Gasteiger partial charge in [-0.2, -0.15) is 0 Å². The van der Waals surface area contributed by atoms with Crippen molar-refractivity contribution in [2.75, 3.05) is 13.2 Å². The monoisotopic (exact) mass is 981 g/mol. The van der Waals surface area contributed by atoms with Crippen LogP contribution in [0.2, 0.25) is 0 Å². The zero-order chi connectivity index (χ0) is 40.3. The fourth-order valence-electron chi connectivity index (χ4n) is 6.69. The molecule has 316 valence electrons. The van der Waals surface area contributed by atoms with Gasteiger partial charge in [0.2, 0.25) is 0 Å². The van der Waals surface area contributed by atoms with Crippen LogP contribution in [0.3, 0.4) is 0 Å². The molecule has 1 aromatic carbocycles. The fraction of sp³-hybridized carbons (Fsp3) is 0.826. The third-order valence-electron chi connectivity index (χ3n) is 10.2. The van der Waals surface area contributed by atoms with Gasteiger partial charge in [0.25, 0.3) is 0 Å². The molecule has 9 heteroatoms. The fourth-order valence-corrected chi connectivity index (χ4v) is 8.09. The first-order valence-corrected chi connectivity index (χ1v) is 26.6. The zero-order valence-electron chi connectivity index (χ0n) is 35.7. The van der Waals surface area contributed by atoms with Gasteiger partial charge in [-0.1, -0.05) is 206 Å². The maximum atomic E-state index is 12.4. The summed E-state index contributed by atoms with van der Waals surface area (Å²) in [5.74, 6) is -1.48. The van der Waals surface area contributed by atoms with Crippen LogP contribution in [0.25, 0.3) is 0 Å². The molecule has 1 unspecified atom stereocenters. The number of unbranched alkanes of at least 4 members (excludes halogenated alkanes) is 30. The second kappa shape index (κ2) is 44.1. The van der Waals surface area contributed by atoms with E-state index in [1.807, 2.05) is 0 Å². The molecule has 0 aliphatic rings. The molecule has 0 amide bonds. The van der Waals surface area contributed by atoms with E-state index in [0.29, 0.717) is 6.42 Å². The number of benzene rings is 1. The average molecular weight is 980 g/mol. The third-order valence-corrected chi connectivity index (χ3v) is 12.4. The van der Waals surface area contributed by atoms with Gasteiger partial charge in [0.1, 0.15) is 6.10 Å². The summed E-state index contributed by atoms with van der Waals surface area (Å²) in [5.41, 5.74) is 0. The predicted octanol–water partition coefficient (Wildman–Crippen LogP) is 13.5. The quantitative estimate of drug-likeness (QED) is 0.0281. The van der Waals surface area contributed by atoms with Gasteiger partial charge in [0, 0.05) is 0 Å². The summed E-state index contributed by atoms with van der Waals surface area (Å²) < 4.78 is 38.8. The molecule has 0 aromatic heterocycles. The Balaban J connectivity index is 0.00000370. The topological polar surface area (TPSA) is 96.0 Å². The first-order valence-electron chi connectivity index (χ1n) is 22.9. The molecule has 0 aliphatic heterocycles. The van der Waals surface area contributed by atoms with E-state index in [1.54, 1.807) is 0 Å². The Labute approximate surface area is 357 Å². The summed E-state index contributed by atoms with van der Waals surface area (Å²) in [6.45, 7) is 4.98. The summed E-state index contributed by atoms with van der Waals surface area (Å²) in [6, 6.07) is 10.6. The molecule has 55 heavy (non-hydrogen) atoms. The Hall–Kier alpha value is -0.995. The second-order valence-electron chi connectivity index (χ2n) is 15.5. The summed E-state index contributed by atoms with van der Waals surface area (Å²) in [7, 11) is -2.93. The number of rotatable bonds is 39. The van der Waals surface area contributed by atoms with Crippen molar-refractivity contribution in [3.63, 3.8) is 0 Å². The number of ether oxygens (including phenoxy) is 2. The first kappa shape index (κ1) is 54.0. The van der Waals surface area contributed by atoms with Crippen molar-refractivity contribution < 1.29 is 57.8 Å². The first-order chi connectivity index (χ1) is 26.9. The van der Waals surface area contributed by atoms with Gasteiger partial charge >= 0.3 is 71.5 Å². The normalized spacial score (nSPS) is 11.7. The number of carbonyl (C=O) groups is 2. The van der Waals surface area contributed by atoms with Crippen molar-refractivity contribution in [3.05, 3.63) is 30.3 Å². The van der Waals surface area contributed by atoms with Crippen molar-refractivity contribution in [1.29, 1.82) is 0 Å². The Morgan fingerprint density at radius 3 is 1.09 bits per heavy atom. The molecule has 1 rings (SSSR count). The van der Waals surface area contributed by atoms with Crippen LogP contribution in [0.15, 0.2) is 30.3 Å². The standard InChI is InChI=1S/C40H77O7S.C6H5.Hg/c1-3-5-7-9-11-13-15-17-19-21-23-25-27-29-31-33-35-45-39(41)37-38(47-48(43)44)40(42)46-36-34-32-30-28-26-24-22-20-18-16-14-12-10-8-6-4-2;1-2-4-6-5-3-1;/h38H,3-37H2,1-2H3;1-5H;/q-1;;+1. The van der Waals surface area contributed by atoms with Crippen LogP contribution in [0.4, 0.5) is 0 Å². The SMILES string of the molecule is CCCCCCCCCCCCCCCCCCOC(=O)CC(O[S-](=O)=O)C(=O)OCCCCCCCCCCCCCCCCCC.[Hg+][c]1ccccc1. The summed E-state index contributed by atoms with van der Waals surface area (Å²) in [5, 5.41) is 0. The number of hydrogen-bond acceptors (Lipinski definition) is 8. The van der Waals surface area contributed by atoms with Gasteiger partial charge in [-0.25, -0.2) is 4.79 Å². The van der Waals surface area contributed by atoms with Crippen molar-refractivity contribution in [1.82, 2.24) is 0 Å². The Kier molecular flexibility index (Phi) is 43.3. The molecular weight excluding hydrogens is 897 g/mol. The van der Waals surface area contributed by atoms with E-state index in [0.717, 1.165) is 58.2 Å². The molecule has 0 N–H and O–H groups in total. The second-order valence-corrected chi connectivity index (χ2v) is 19.2. The van der Waals surface area contributed by atoms with Gasteiger partial charge in [-0.05, 0) is 12.8 Å². The van der Waals surface area contributed by atoms with Crippen molar-refractivity contribution >= 4 is 26.0 Å². The molecule has 0 spiro atoms. The Morgan fingerprint density at radius 1 is 0.491 bits per heavy atom. The predicted molar refractivity (Wildman–Crippen MR) is 225 cm³/mol. The van der Waals surface area contributed by atoms with Gasteiger partial charge in [0.15, 0.2) is 0 Å². The van der Waals surface area contributed by atoms with Crippen LogP contribution in [0.1, 0.15) is 226 Å². The van der Waals surface area contributed by atoms with Crippen LogP contribution in [-0.4, -0.2) is 31.3 Å². The minimum absolute atomic E-state index is 0.191. The van der Waals surface area contributed by atoms with Gasteiger partial charge in [-0.15, -0.1) is 0 Å². The van der Waals surface area contributed by atoms with Crippen LogP contribution in [-0.2, 0) is 68.8 Å². The van der Waals surface area contributed by atoms with E-state index in [9.17, 15) is 18.0 Å². The Morgan fingerprint density at radius 2 is 0.800 bits per heavy atom. The van der Waals surface area contributed by atoms with Gasteiger partial charge in [0.05, 0.1) is 30.6 Å². The van der Waals surface area contributed by atoms with E-state index in [1.165, 1.54) is 170 Å². The van der Waals surface area contributed by atoms with Crippen molar-refractivity contribution in [3.8, 4) is 0 Å².